The Morgan fingerprint density at radius 3 is 2.63 bits per heavy atom. The number of aliphatic hydroxyl groups is 1. The lowest BCUT2D eigenvalue weighted by atomic mass is 9.95. The third-order valence-electron chi connectivity index (χ3n) is 6.62. The number of allylic oxidation sites excluding steroid dienone is 1. The minimum atomic E-state index is -2.06. The Labute approximate surface area is 210 Å². The van der Waals surface area contributed by atoms with Gasteiger partial charge in [-0.1, -0.05) is 44.7 Å². The third kappa shape index (κ3) is 5.91. The van der Waals surface area contributed by atoms with Crippen molar-refractivity contribution in [2.75, 3.05) is 12.9 Å². The van der Waals surface area contributed by atoms with Crippen LogP contribution < -0.4 is 5.56 Å². The first-order valence-electron chi connectivity index (χ1n) is 11.9. The van der Waals surface area contributed by atoms with Crippen molar-refractivity contribution in [3.05, 3.63) is 52.3 Å². The Balaban J connectivity index is 2.10. The number of thioether (sulfide) groups is 1. The summed E-state index contributed by atoms with van der Waals surface area (Å²) in [6.45, 7) is 7.87. The molecule has 190 valence electrons. The second kappa shape index (κ2) is 11.6. The van der Waals surface area contributed by atoms with E-state index in [-0.39, 0.29) is 5.56 Å². The number of fused-ring (bicyclic) bond motifs is 1. The monoisotopic (exact) mass is 519 g/mol. The van der Waals surface area contributed by atoms with Crippen LogP contribution in [0.4, 0.5) is 4.39 Å². The third-order valence-corrected chi connectivity index (χ3v) is 11.9. The standard InChI is InChI=1S/C24H34FN5O3SSi/c1-6-35(7-2,8-3)33-24(4,14-10-11-17(25)16-31)19-12-9-13-20(27-19)30-21-18(22(32)29-30)15-26-23(28-21)34-5/h9,11-13,15,31H,6-8,10,14,16H2,1-5H3,(H,29,32)/b17-11+/t24-/m1/s1. The van der Waals surface area contributed by atoms with Crippen molar-refractivity contribution < 1.29 is 13.9 Å². The van der Waals surface area contributed by atoms with E-state index in [0.29, 0.717) is 40.5 Å². The SMILES string of the molecule is CC[Si](CC)(CC)O[C@](C)(CC/C=C(/F)CO)c1cccc(-n2[nH]c(=O)c3cnc(SC)nc32)n1. The van der Waals surface area contributed by atoms with Crippen molar-refractivity contribution in [2.24, 2.45) is 0 Å². The van der Waals surface area contributed by atoms with E-state index in [1.165, 1.54) is 24.0 Å². The van der Waals surface area contributed by atoms with Crippen LogP contribution in [0.25, 0.3) is 16.9 Å². The van der Waals surface area contributed by atoms with Crippen LogP contribution >= 0.6 is 11.8 Å². The molecule has 0 aliphatic carbocycles. The largest absolute Gasteiger partial charge is 0.406 e. The number of aromatic nitrogens is 5. The summed E-state index contributed by atoms with van der Waals surface area (Å²) in [4.78, 5) is 26.1. The van der Waals surface area contributed by atoms with Crippen LogP contribution in [0.2, 0.25) is 18.1 Å². The molecule has 0 bridgehead atoms. The van der Waals surface area contributed by atoms with Gasteiger partial charge in [-0.05, 0) is 56.3 Å². The topological polar surface area (TPSA) is 106 Å². The highest BCUT2D eigenvalue weighted by atomic mass is 32.2. The van der Waals surface area contributed by atoms with Gasteiger partial charge in [0.2, 0.25) is 0 Å². The van der Waals surface area contributed by atoms with Crippen LogP contribution in [0.15, 0.2) is 46.2 Å². The molecule has 0 aliphatic rings. The van der Waals surface area contributed by atoms with E-state index in [2.05, 4.69) is 35.8 Å². The Kier molecular flexibility index (Phi) is 9.03. The van der Waals surface area contributed by atoms with Gasteiger partial charge in [-0.25, -0.2) is 24.0 Å². The van der Waals surface area contributed by atoms with Gasteiger partial charge in [-0.2, -0.15) is 0 Å². The molecular weight excluding hydrogens is 485 g/mol. The van der Waals surface area contributed by atoms with E-state index in [1.54, 1.807) is 10.7 Å². The van der Waals surface area contributed by atoms with Gasteiger partial charge < -0.3 is 9.53 Å². The predicted octanol–water partition coefficient (Wildman–Crippen LogP) is 5.09. The summed E-state index contributed by atoms with van der Waals surface area (Å²) in [5, 5.41) is 12.8. The number of nitrogens with zero attached hydrogens (tertiary/aromatic N) is 4. The summed E-state index contributed by atoms with van der Waals surface area (Å²) in [7, 11) is -2.06. The fourth-order valence-electron chi connectivity index (χ4n) is 4.25. The van der Waals surface area contributed by atoms with Gasteiger partial charge in [0.05, 0.1) is 17.9 Å². The first-order valence-corrected chi connectivity index (χ1v) is 15.7. The summed E-state index contributed by atoms with van der Waals surface area (Å²) >= 11 is 1.39. The zero-order valence-corrected chi connectivity index (χ0v) is 22.8. The molecule has 0 aliphatic heterocycles. The maximum absolute atomic E-state index is 13.7. The van der Waals surface area contributed by atoms with Gasteiger partial charge in [-0.15, -0.1) is 0 Å². The first kappa shape index (κ1) is 27.2. The number of pyridine rings is 1. The molecule has 0 unspecified atom stereocenters. The Morgan fingerprint density at radius 1 is 1.29 bits per heavy atom. The molecule has 0 saturated heterocycles. The van der Waals surface area contributed by atoms with Crippen LogP contribution in [0.1, 0.15) is 46.2 Å². The molecule has 3 aromatic heterocycles. The number of aromatic amines is 1. The van der Waals surface area contributed by atoms with Gasteiger partial charge in [0, 0.05) is 6.20 Å². The maximum Gasteiger partial charge on any atom is 0.275 e. The van der Waals surface area contributed by atoms with Crippen LogP contribution in [-0.2, 0) is 10.0 Å². The van der Waals surface area contributed by atoms with Crippen molar-refractivity contribution in [3.63, 3.8) is 0 Å². The number of rotatable bonds is 12. The molecule has 3 heterocycles. The molecule has 8 nitrogen and oxygen atoms in total. The normalized spacial score (nSPS) is 14.4. The average molecular weight is 520 g/mol. The van der Waals surface area contributed by atoms with Crippen LogP contribution in [0.5, 0.6) is 0 Å². The molecular formula is C24H34FN5O3SSi. The number of hydrogen-bond donors (Lipinski definition) is 2. The van der Waals surface area contributed by atoms with Gasteiger partial charge in [0.15, 0.2) is 24.9 Å². The Bertz CT molecular complexity index is 1240. The van der Waals surface area contributed by atoms with E-state index in [1.807, 2.05) is 25.3 Å². The molecule has 0 aromatic carbocycles. The molecule has 3 aromatic rings. The van der Waals surface area contributed by atoms with E-state index in [9.17, 15) is 9.18 Å². The van der Waals surface area contributed by atoms with Crippen LogP contribution in [0, 0.1) is 0 Å². The molecule has 3 rings (SSSR count). The van der Waals surface area contributed by atoms with E-state index in [4.69, 9.17) is 14.5 Å². The minimum absolute atomic E-state index is 0.294. The lowest BCUT2D eigenvalue weighted by Crippen LogP contribution is -2.44. The highest BCUT2D eigenvalue weighted by molar-refractivity contribution is 7.98. The average Bonchev–Trinajstić information content (AvgIpc) is 3.22. The van der Waals surface area contributed by atoms with E-state index >= 15 is 0 Å². The fourth-order valence-corrected chi connectivity index (χ4v) is 7.68. The quantitative estimate of drug-likeness (QED) is 0.195. The summed E-state index contributed by atoms with van der Waals surface area (Å²) in [5.74, 6) is -0.0521. The summed E-state index contributed by atoms with van der Waals surface area (Å²) < 4.78 is 22.2. The molecule has 0 saturated carbocycles. The minimum Gasteiger partial charge on any atom is -0.406 e. The summed E-state index contributed by atoms with van der Waals surface area (Å²) in [5.41, 5.74) is 0.0767. The zero-order chi connectivity index (χ0) is 25.6. The lowest BCUT2D eigenvalue weighted by Gasteiger charge is -2.40. The van der Waals surface area contributed by atoms with Crippen molar-refractivity contribution >= 4 is 31.1 Å². The predicted molar refractivity (Wildman–Crippen MR) is 140 cm³/mol. The van der Waals surface area contributed by atoms with Gasteiger partial charge >= 0.3 is 0 Å². The molecule has 0 radical (unpaired) electrons. The number of nitrogens with one attached hydrogen (secondary N) is 1. The molecule has 0 fully saturated rings. The van der Waals surface area contributed by atoms with Gasteiger partial charge in [0.25, 0.3) is 5.56 Å². The molecule has 0 spiro atoms. The smallest absolute Gasteiger partial charge is 0.275 e. The van der Waals surface area contributed by atoms with Crippen molar-refractivity contribution in [1.29, 1.82) is 0 Å². The molecule has 11 heteroatoms. The highest BCUT2D eigenvalue weighted by Gasteiger charge is 2.39. The van der Waals surface area contributed by atoms with Crippen molar-refractivity contribution in [1.82, 2.24) is 24.7 Å². The fraction of sp³-hybridized carbons (Fsp3) is 0.500. The summed E-state index contributed by atoms with van der Waals surface area (Å²) in [6.07, 6.45) is 5.68. The number of aliphatic hydroxyl groups excluding tert-OH is 1. The van der Waals surface area contributed by atoms with Gasteiger partial charge in [-0.3, -0.25) is 9.89 Å². The number of halogens is 1. The summed E-state index contributed by atoms with van der Waals surface area (Å²) in [6, 6.07) is 8.45. The molecule has 35 heavy (non-hydrogen) atoms. The first-order chi connectivity index (χ1) is 16.7. The van der Waals surface area contributed by atoms with E-state index in [0.717, 1.165) is 18.1 Å². The molecule has 0 amide bonds. The Hall–Kier alpha value is -2.34. The number of hydrogen-bond acceptors (Lipinski definition) is 7. The second-order valence-corrected chi connectivity index (χ2v) is 14.1. The number of H-pyrrole nitrogens is 1. The lowest BCUT2D eigenvalue weighted by molar-refractivity contribution is 0.0597. The zero-order valence-electron chi connectivity index (χ0n) is 21.0. The van der Waals surface area contributed by atoms with Crippen molar-refractivity contribution in [2.45, 2.75) is 69.4 Å². The van der Waals surface area contributed by atoms with Crippen LogP contribution in [0.3, 0.4) is 0 Å². The molecule has 1 atom stereocenters. The maximum atomic E-state index is 13.7. The van der Waals surface area contributed by atoms with Crippen molar-refractivity contribution in [3.8, 4) is 5.82 Å². The molecule has 2 N–H and O–H groups in total. The van der Waals surface area contributed by atoms with Crippen LogP contribution in [-0.4, -0.2) is 51.0 Å². The highest BCUT2D eigenvalue weighted by Crippen LogP contribution is 2.37. The van der Waals surface area contributed by atoms with Gasteiger partial charge in [0.1, 0.15) is 11.2 Å². The Morgan fingerprint density at radius 2 is 2.00 bits per heavy atom. The van der Waals surface area contributed by atoms with E-state index < -0.39 is 26.4 Å². The second-order valence-electron chi connectivity index (χ2n) is 8.68.